The summed E-state index contributed by atoms with van der Waals surface area (Å²) in [7, 11) is -6.28. The van der Waals surface area contributed by atoms with Crippen molar-refractivity contribution in [1.29, 1.82) is 0 Å². The van der Waals surface area contributed by atoms with Gasteiger partial charge in [0.1, 0.15) is 24.4 Å². The van der Waals surface area contributed by atoms with Gasteiger partial charge in [-0.1, -0.05) is 62.3 Å². The molecule has 0 amide bonds. The topological polar surface area (TPSA) is 49.8 Å². The zero-order chi connectivity index (χ0) is 28.8. The van der Waals surface area contributed by atoms with Crippen LogP contribution < -0.4 is 0 Å². The Hall–Kier alpha value is 0.121. The fourth-order valence-corrected chi connectivity index (χ4v) is 7.33. The lowest BCUT2D eigenvalue weighted by Crippen LogP contribution is -2.54. The molecule has 0 bridgehead atoms. The number of ether oxygens (including phenoxy) is 1. The minimum Gasteiger partial charge on any atom is -0.414 e. The largest absolute Gasteiger partial charge is 0.414 e. The molecule has 1 aromatic heterocycles. The number of hydrogen-bond acceptors (Lipinski definition) is 5. The van der Waals surface area contributed by atoms with E-state index in [4.69, 9.17) is 23.0 Å². The maximum absolute atomic E-state index is 7.18. The van der Waals surface area contributed by atoms with Crippen LogP contribution in [0.2, 0.25) is 54.4 Å². The SMILES string of the molecule is CC(C)(C)[Si](C)(C)OC[C@H]1O[C@@H](c2ccc(Br)cn2)[C@H](O[Si](C)(C)C(C)(C)C)[C@@H]1O[Si](C)(C)C(C)(C)C. The summed E-state index contributed by atoms with van der Waals surface area (Å²) in [6, 6.07) is 4.06. The summed E-state index contributed by atoms with van der Waals surface area (Å²) in [5.74, 6) is 0. The van der Waals surface area contributed by atoms with Gasteiger partial charge in [-0.05, 0) is 82.5 Å². The molecule has 0 aliphatic carbocycles. The molecular formula is C28H54BrNO4Si3. The van der Waals surface area contributed by atoms with Gasteiger partial charge < -0.3 is 18.0 Å². The third-order valence-corrected chi connectivity index (χ3v) is 23.2. The minimum atomic E-state index is -2.15. The highest BCUT2D eigenvalue weighted by atomic mass is 79.9. The number of nitrogens with zero attached hydrogens (tertiary/aromatic N) is 1. The molecule has 0 unspecified atom stereocenters. The number of pyridine rings is 1. The van der Waals surface area contributed by atoms with Crippen molar-refractivity contribution in [3.8, 4) is 0 Å². The molecule has 4 atom stereocenters. The van der Waals surface area contributed by atoms with Crippen LogP contribution in [0, 0.1) is 0 Å². The molecule has 1 fully saturated rings. The van der Waals surface area contributed by atoms with Gasteiger partial charge >= 0.3 is 0 Å². The molecule has 214 valence electrons. The Labute approximate surface area is 239 Å². The quantitative estimate of drug-likeness (QED) is 0.268. The van der Waals surface area contributed by atoms with Crippen LogP contribution in [0.25, 0.3) is 0 Å². The van der Waals surface area contributed by atoms with E-state index >= 15 is 0 Å². The van der Waals surface area contributed by atoms with Crippen LogP contribution in [0.15, 0.2) is 22.8 Å². The van der Waals surface area contributed by atoms with Crippen molar-refractivity contribution >= 4 is 40.9 Å². The molecule has 1 aromatic rings. The molecule has 2 heterocycles. The van der Waals surface area contributed by atoms with Crippen LogP contribution >= 0.6 is 15.9 Å². The summed E-state index contributed by atoms with van der Waals surface area (Å²) in [6.07, 6.45) is 0.816. The normalized spacial score (nSPS) is 24.5. The second kappa shape index (κ2) is 11.2. The fourth-order valence-electron chi connectivity index (χ4n) is 3.47. The highest BCUT2D eigenvalue weighted by Gasteiger charge is 2.55. The Balaban J connectivity index is 2.57. The van der Waals surface area contributed by atoms with E-state index in [1.54, 1.807) is 0 Å². The summed E-state index contributed by atoms with van der Waals surface area (Å²) >= 11 is 3.53. The van der Waals surface area contributed by atoms with E-state index < -0.39 is 25.0 Å². The molecule has 2 rings (SSSR count). The Kier molecular flexibility index (Phi) is 10.1. The highest BCUT2D eigenvalue weighted by molar-refractivity contribution is 9.10. The van der Waals surface area contributed by atoms with E-state index in [-0.39, 0.29) is 39.5 Å². The minimum absolute atomic E-state index is 0.0575. The summed E-state index contributed by atoms with van der Waals surface area (Å²) in [5.41, 5.74) is 0.880. The smallest absolute Gasteiger partial charge is 0.192 e. The molecule has 1 saturated heterocycles. The second-order valence-corrected chi connectivity index (χ2v) is 30.5. The third-order valence-electron chi connectivity index (χ3n) is 9.24. The lowest BCUT2D eigenvalue weighted by molar-refractivity contribution is -0.0186. The number of halogens is 1. The molecule has 9 heteroatoms. The van der Waals surface area contributed by atoms with Gasteiger partial charge in [0.2, 0.25) is 0 Å². The first-order valence-electron chi connectivity index (χ1n) is 13.7. The zero-order valence-electron chi connectivity index (χ0n) is 26.2. The fraction of sp³-hybridized carbons (Fsp3) is 0.821. The highest BCUT2D eigenvalue weighted by Crippen LogP contribution is 2.47. The average Bonchev–Trinajstić information content (AvgIpc) is 3.00. The van der Waals surface area contributed by atoms with E-state index in [0.717, 1.165) is 10.2 Å². The Morgan fingerprint density at radius 2 is 1.22 bits per heavy atom. The van der Waals surface area contributed by atoms with Crippen LogP contribution in [0.4, 0.5) is 0 Å². The van der Waals surface area contributed by atoms with E-state index in [0.29, 0.717) is 6.61 Å². The van der Waals surface area contributed by atoms with E-state index in [1.165, 1.54) is 0 Å². The maximum atomic E-state index is 7.18. The molecular weight excluding hydrogens is 578 g/mol. The van der Waals surface area contributed by atoms with Crippen LogP contribution in [-0.2, 0) is 18.0 Å². The maximum Gasteiger partial charge on any atom is 0.192 e. The Bertz CT molecular complexity index is 902. The molecule has 37 heavy (non-hydrogen) atoms. The lowest BCUT2D eigenvalue weighted by atomic mass is 10.1. The van der Waals surface area contributed by atoms with Crippen molar-refractivity contribution < 1.29 is 18.0 Å². The van der Waals surface area contributed by atoms with Crippen LogP contribution in [-0.4, -0.2) is 54.9 Å². The first-order valence-corrected chi connectivity index (χ1v) is 23.2. The van der Waals surface area contributed by atoms with E-state index in [1.807, 2.05) is 18.3 Å². The first kappa shape index (κ1) is 33.3. The number of hydrogen-bond donors (Lipinski definition) is 0. The van der Waals surface area contributed by atoms with Crippen LogP contribution in [0.1, 0.15) is 74.1 Å². The van der Waals surface area contributed by atoms with Gasteiger partial charge in [-0.3, -0.25) is 4.98 Å². The molecule has 0 N–H and O–H groups in total. The van der Waals surface area contributed by atoms with Gasteiger partial charge in [0, 0.05) is 10.7 Å². The van der Waals surface area contributed by atoms with Gasteiger partial charge in [0.15, 0.2) is 25.0 Å². The number of rotatable bonds is 8. The molecule has 1 aliphatic rings. The number of aromatic nitrogens is 1. The molecule has 5 nitrogen and oxygen atoms in total. The summed E-state index contributed by atoms with van der Waals surface area (Å²) in [6.45, 7) is 34.9. The van der Waals surface area contributed by atoms with Crippen molar-refractivity contribution in [1.82, 2.24) is 4.98 Å². The van der Waals surface area contributed by atoms with Crippen LogP contribution in [0.3, 0.4) is 0 Å². The van der Waals surface area contributed by atoms with Gasteiger partial charge in [-0.25, -0.2) is 0 Å². The van der Waals surface area contributed by atoms with Gasteiger partial charge in [0.05, 0.1) is 12.3 Å². The molecule has 0 spiro atoms. The van der Waals surface area contributed by atoms with Gasteiger partial charge in [0.25, 0.3) is 0 Å². The Morgan fingerprint density at radius 3 is 1.62 bits per heavy atom. The molecule has 0 aromatic carbocycles. The van der Waals surface area contributed by atoms with E-state index in [2.05, 4.69) is 118 Å². The summed E-state index contributed by atoms with van der Waals surface area (Å²) in [4.78, 5) is 4.75. The average molecular weight is 633 g/mol. The predicted octanol–water partition coefficient (Wildman–Crippen LogP) is 9.09. The predicted molar refractivity (Wildman–Crippen MR) is 167 cm³/mol. The first-order chi connectivity index (χ1) is 16.4. The Morgan fingerprint density at radius 1 is 0.757 bits per heavy atom. The van der Waals surface area contributed by atoms with Crippen molar-refractivity contribution in [2.45, 2.75) is 141 Å². The van der Waals surface area contributed by atoms with Crippen molar-refractivity contribution in [3.05, 3.63) is 28.5 Å². The lowest BCUT2D eigenvalue weighted by Gasteiger charge is -2.44. The summed E-state index contributed by atoms with van der Waals surface area (Å²) < 4.78 is 28.9. The second-order valence-electron chi connectivity index (χ2n) is 15.3. The summed E-state index contributed by atoms with van der Waals surface area (Å²) in [5, 5.41) is 0.236. The monoisotopic (exact) mass is 631 g/mol. The molecule has 0 saturated carbocycles. The van der Waals surface area contributed by atoms with Gasteiger partial charge in [-0.2, -0.15) is 0 Å². The van der Waals surface area contributed by atoms with E-state index in [9.17, 15) is 0 Å². The standard InChI is InChI=1S/C28H54BrNO4Si3/c1-26(2,3)35(10,11)31-19-22-24(33-36(12,13)27(4,5)6)25(34-37(14,15)28(7,8)9)23(32-22)21-17-16-20(29)18-30-21/h16-18,22-25H,19H2,1-15H3/t22-,23+,24-,25+/m1/s1. The van der Waals surface area contributed by atoms with Gasteiger partial charge in [-0.15, -0.1) is 0 Å². The van der Waals surface area contributed by atoms with Crippen molar-refractivity contribution in [2.24, 2.45) is 0 Å². The molecule has 0 radical (unpaired) electrons. The third kappa shape index (κ3) is 7.87. The van der Waals surface area contributed by atoms with Crippen molar-refractivity contribution in [3.63, 3.8) is 0 Å². The zero-order valence-corrected chi connectivity index (χ0v) is 30.8. The van der Waals surface area contributed by atoms with Crippen molar-refractivity contribution in [2.75, 3.05) is 6.61 Å². The molecule has 1 aliphatic heterocycles. The van der Waals surface area contributed by atoms with Crippen LogP contribution in [0.5, 0.6) is 0 Å².